The number of aryl methyl sites for hydroxylation is 1. The van der Waals surface area contributed by atoms with Gasteiger partial charge in [0.1, 0.15) is 5.75 Å². The third kappa shape index (κ3) is 4.03. The fraction of sp³-hybridized carbons (Fsp3) is 0.421. The van der Waals surface area contributed by atoms with Gasteiger partial charge in [-0.05, 0) is 24.3 Å². The zero-order valence-corrected chi connectivity index (χ0v) is 14.8. The first kappa shape index (κ1) is 17.5. The van der Waals surface area contributed by atoms with Crippen LogP contribution in [0, 0.1) is 0 Å². The van der Waals surface area contributed by atoms with E-state index in [9.17, 15) is 4.79 Å². The number of nitrogens with one attached hydrogen (secondary N) is 1. The lowest BCUT2D eigenvalue weighted by Gasteiger charge is -2.35. The molecule has 1 atom stereocenters. The number of carbonyl (C=O) groups excluding carboxylic acids is 1. The normalized spacial score (nSPS) is 16.4. The Morgan fingerprint density at radius 2 is 2.00 bits per heavy atom. The number of morpholine rings is 1. The van der Waals surface area contributed by atoms with Gasteiger partial charge in [-0.3, -0.25) is 9.69 Å². The molecule has 0 unspecified atom stereocenters. The molecule has 1 aliphatic rings. The van der Waals surface area contributed by atoms with Gasteiger partial charge < -0.3 is 19.4 Å². The summed E-state index contributed by atoms with van der Waals surface area (Å²) in [4.78, 5) is 15.0. The minimum atomic E-state index is -0.120. The van der Waals surface area contributed by atoms with E-state index in [2.05, 4.69) is 20.9 Å². The van der Waals surface area contributed by atoms with Crippen LogP contribution in [0.15, 0.2) is 42.6 Å². The molecule has 2 aromatic rings. The van der Waals surface area contributed by atoms with Crippen LogP contribution in [0.25, 0.3) is 0 Å². The largest absolute Gasteiger partial charge is 0.496 e. The molecule has 25 heavy (non-hydrogen) atoms. The van der Waals surface area contributed by atoms with Crippen LogP contribution in [-0.4, -0.2) is 55.3 Å². The molecule has 1 amide bonds. The Morgan fingerprint density at radius 1 is 1.24 bits per heavy atom. The molecule has 0 bridgehead atoms. The zero-order valence-electron chi connectivity index (χ0n) is 14.8. The van der Waals surface area contributed by atoms with E-state index in [4.69, 9.17) is 9.47 Å². The Balaban J connectivity index is 1.74. The molecular weight excluding hydrogens is 318 g/mol. The van der Waals surface area contributed by atoms with Crippen molar-refractivity contribution in [3.05, 3.63) is 53.9 Å². The Bertz CT molecular complexity index is 707. The van der Waals surface area contributed by atoms with Gasteiger partial charge in [-0.2, -0.15) is 0 Å². The van der Waals surface area contributed by atoms with Crippen LogP contribution >= 0.6 is 0 Å². The SMILES string of the molecule is COc1ccccc1C(=O)NC[C@H](c1cccn1C)N1CCOCC1. The number of methoxy groups -OCH3 is 1. The molecule has 0 spiro atoms. The fourth-order valence-electron chi connectivity index (χ4n) is 3.25. The molecule has 1 fully saturated rings. The Kier molecular flexibility index (Phi) is 5.73. The molecule has 2 heterocycles. The minimum Gasteiger partial charge on any atom is -0.496 e. The van der Waals surface area contributed by atoms with E-state index in [0.717, 1.165) is 26.3 Å². The van der Waals surface area contributed by atoms with Crippen molar-refractivity contribution < 1.29 is 14.3 Å². The van der Waals surface area contributed by atoms with E-state index in [0.29, 0.717) is 17.9 Å². The Morgan fingerprint density at radius 3 is 2.68 bits per heavy atom. The highest BCUT2D eigenvalue weighted by molar-refractivity contribution is 5.96. The molecule has 6 heteroatoms. The van der Waals surface area contributed by atoms with Crippen LogP contribution in [0.2, 0.25) is 0 Å². The lowest BCUT2D eigenvalue weighted by Crippen LogP contribution is -2.44. The van der Waals surface area contributed by atoms with Gasteiger partial charge in [-0.25, -0.2) is 0 Å². The molecule has 0 aliphatic carbocycles. The summed E-state index contributed by atoms with van der Waals surface area (Å²) in [6.45, 7) is 3.71. The van der Waals surface area contributed by atoms with Gasteiger partial charge >= 0.3 is 0 Å². The summed E-state index contributed by atoms with van der Waals surface area (Å²) in [6, 6.07) is 11.5. The Hall–Kier alpha value is -2.31. The van der Waals surface area contributed by atoms with Gasteiger partial charge in [0.25, 0.3) is 5.91 Å². The standard InChI is InChI=1S/C19H25N3O3/c1-21-9-5-7-16(21)17(22-10-12-25-13-11-22)14-20-19(23)15-6-3-4-8-18(15)24-2/h3-9,17H,10-14H2,1-2H3,(H,20,23)/t17-/m1/s1. The van der Waals surface area contributed by atoms with Crippen molar-refractivity contribution >= 4 is 5.91 Å². The highest BCUT2D eigenvalue weighted by atomic mass is 16.5. The van der Waals surface area contributed by atoms with Crippen molar-refractivity contribution in [2.75, 3.05) is 40.0 Å². The number of hydrogen-bond donors (Lipinski definition) is 1. The zero-order chi connectivity index (χ0) is 17.6. The second-order valence-electron chi connectivity index (χ2n) is 6.12. The molecule has 0 saturated carbocycles. The number of ether oxygens (including phenoxy) is 2. The number of benzene rings is 1. The van der Waals surface area contributed by atoms with Crippen LogP contribution in [0.1, 0.15) is 22.1 Å². The minimum absolute atomic E-state index is 0.113. The van der Waals surface area contributed by atoms with Gasteiger partial charge in [0.05, 0.1) is 31.9 Å². The van der Waals surface area contributed by atoms with Gasteiger partial charge in [0.15, 0.2) is 0 Å². The van der Waals surface area contributed by atoms with Crippen molar-refractivity contribution in [2.24, 2.45) is 7.05 Å². The Labute approximate surface area is 148 Å². The molecule has 1 N–H and O–H groups in total. The van der Waals surface area contributed by atoms with E-state index < -0.39 is 0 Å². The molecule has 6 nitrogen and oxygen atoms in total. The second-order valence-corrected chi connectivity index (χ2v) is 6.12. The summed E-state index contributed by atoms with van der Waals surface area (Å²) < 4.78 is 12.9. The molecule has 0 radical (unpaired) electrons. The highest BCUT2D eigenvalue weighted by Gasteiger charge is 2.25. The molecule has 1 aliphatic heterocycles. The van der Waals surface area contributed by atoms with Crippen molar-refractivity contribution in [2.45, 2.75) is 6.04 Å². The number of rotatable bonds is 6. The van der Waals surface area contributed by atoms with E-state index in [-0.39, 0.29) is 11.9 Å². The van der Waals surface area contributed by atoms with E-state index in [1.165, 1.54) is 5.69 Å². The molecule has 1 aromatic carbocycles. The maximum atomic E-state index is 12.6. The summed E-state index contributed by atoms with van der Waals surface area (Å²) in [7, 11) is 3.61. The smallest absolute Gasteiger partial charge is 0.255 e. The number of nitrogens with zero attached hydrogens (tertiary/aromatic N) is 2. The van der Waals surface area contributed by atoms with Gasteiger partial charge in [0.2, 0.25) is 0 Å². The van der Waals surface area contributed by atoms with Gasteiger partial charge in [0, 0.05) is 38.6 Å². The fourth-order valence-corrected chi connectivity index (χ4v) is 3.25. The first-order valence-electron chi connectivity index (χ1n) is 8.55. The van der Waals surface area contributed by atoms with Crippen molar-refractivity contribution in [3.8, 4) is 5.75 Å². The quantitative estimate of drug-likeness (QED) is 0.870. The van der Waals surface area contributed by atoms with E-state index in [1.807, 2.05) is 31.4 Å². The average Bonchev–Trinajstić information content (AvgIpc) is 3.08. The summed E-state index contributed by atoms with van der Waals surface area (Å²) >= 11 is 0. The van der Waals surface area contributed by atoms with Crippen LogP contribution in [0.5, 0.6) is 5.75 Å². The van der Waals surface area contributed by atoms with Crippen LogP contribution in [0.3, 0.4) is 0 Å². The lowest BCUT2D eigenvalue weighted by molar-refractivity contribution is 0.0148. The highest BCUT2D eigenvalue weighted by Crippen LogP contribution is 2.22. The maximum Gasteiger partial charge on any atom is 0.255 e. The van der Waals surface area contributed by atoms with Crippen molar-refractivity contribution in [1.29, 1.82) is 0 Å². The summed E-state index contributed by atoms with van der Waals surface area (Å²) in [5.74, 6) is 0.465. The molecule has 134 valence electrons. The predicted molar refractivity (Wildman–Crippen MR) is 95.9 cm³/mol. The van der Waals surface area contributed by atoms with Crippen molar-refractivity contribution in [3.63, 3.8) is 0 Å². The monoisotopic (exact) mass is 343 g/mol. The van der Waals surface area contributed by atoms with Crippen LogP contribution in [0.4, 0.5) is 0 Å². The third-order valence-corrected chi connectivity index (χ3v) is 4.62. The summed E-state index contributed by atoms with van der Waals surface area (Å²) in [5.41, 5.74) is 1.74. The van der Waals surface area contributed by atoms with Crippen LogP contribution < -0.4 is 10.1 Å². The number of aromatic nitrogens is 1. The summed E-state index contributed by atoms with van der Waals surface area (Å²) in [5, 5.41) is 3.07. The second kappa shape index (κ2) is 8.18. The number of hydrogen-bond acceptors (Lipinski definition) is 4. The first-order chi connectivity index (χ1) is 12.2. The maximum absolute atomic E-state index is 12.6. The number of carbonyl (C=O) groups is 1. The lowest BCUT2D eigenvalue weighted by atomic mass is 10.1. The average molecular weight is 343 g/mol. The molecule has 3 rings (SSSR count). The molecule has 1 aromatic heterocycles. The van der Waals surface area contributed by atoms with Gasteiger partial charge in [-0.1, -0.05) is 12.1 Å². The van der Waals surface area contributed by atoms with E-state index >= 15 is 0 Å². The van der Waals surface area contributed by atoms with Crippen LogP contribution in [-0.2, 0) is 11.8 Å². The third-order valence-electron chi connectivity index (χ3n) is 4.62. The molecule has 1 saturated heterocycles. The van der Waals surface area contributed by atoms with Gasteiger partial charge in [-0.15, -0.1) is 0 Å². The predicted octanol–water partition coefficient (Wildman–Crippen LogP) is 1.84. The topological polar surface area (TPSA) is 55.7 Å². The first-order valence-corrected chi connectivity index (χ1v) is 8.55. The summed E-state index contributed by atoms with van der Waals surface area (Å²) in [6.07, 6.45) is 2.03. The molecular formula is C19H25N3O3. The number of para-hydroxylation sites is 1. The van der Waals surface area contributed by atoms with E-state index in [1.54, 1.807) is 19.2 Å². The number of amides is 1. The van der Waals surface area contributed by atoms with Crippen molar-refractivity contribution in [1.82, 2.24) is 14.8 Å².